The number of benzene rings is 1. The first kappa shape index (κ1) is 13.7. The molecule has 0 bridgehead atoms. The van der Waals surface area contributed by atoms with E-state index >= 15 is 0 Å². The Morgan fingerprint density at radius 1 is 1.53 bits per heavy atom. The van der Waals surface area contributed by atoms with E-state index in [9.17, 15) is 4.79 Å². The Morgan fingerprint density at radius 3 is 2.89 bits per heavy atom. The second-order valence-corrected chi connectivity index (χ2v) is 4.67. The summed E-state index contributed by atoms with van der Waals surface area (Å²) < 4.78 is 7.07. The van der Waals surface area contributed by atoms with Crippen LogP contribution in [0.15, 0.2) is 35.1 Å². The second kappa shape index (κ2) is 5.94. The van der Waals surface area contributed by atoms with E-state index < -0.39 is 5.97 Å². The highest BCUT2D eigenvalue weighted by Gasteiger charge is 2.19. The number of nitrogens with zero attached hydrogens (tertiary/aromatic N) is 3. The zero-order valence-corrected chi connectivity index (χ0v) is 11.9. The lowest BCUT2D eigenvalue weighted by molar-refractivity contribution is 0.0586. The molecule has 1 heterocycles. The van der Waals surface area contributed by atoms with Crippen LogP contribution in [0.4, 0.5) is 0 Å². The molecule has 0 aliphatic heterocycles. The van der Waals surface area contributed by atoms with E-state index in [1.165, 1.54) is 13.4 Å². The number of halogens is 1. The monoisotopic (exact) mass is 324 g/mol. The summed E-state index contributed by atoms with van der Waals surface area (Å²) in [4.78, 5) is 15.3. The Hall–Kier alpha value is -1.73. The molecule has 0 radical (unpaired) electrons. The third-order valence-corrected chi connectivity index (χ3v) is 3.41. The molecule has 2 aromatic rings. The van der Waals surface area contributed by atoms with E-state index in [4.69, 9.17) is 5.73 Å². The van der Waals surface area contributed by atoms with Crippen molar-refractivity contribution in [2.75, 3.05) is 13.7 Å². The molecular weight excluding hydrogens is 312 g/mol. The van der Waals surface area contributed by atoms with Crippen molar-refractivity contribution in [1.82, 2.24) is 14.8 Å². The molecule has 19 heavy (non-hydrogen) atoms. The van der Waals surface area contributed by atoms with Crippen LogP contribution >= 0.6 is 15.9 Å². The molecule has 7 heteroatoms. The predicted octanol–water partition coefficient (Wildman–Crippen LogP) is 1.38. The van der Waals surface area contributed by atoms with E-state index in [2.05, 4.69) is 30.7 Å². The van der Waals surface area contributed by atoms with Crippen LogP contribution in [0.1, 0.15) is 22.2 Å². The lowest BCUT2D eigenvalue weighted by Crippen LogP contribution is -2.21. The maximum Gasteiger partial charge on any atom is 0.377 e. The second-order valence-electron chi connectivity index (χ2n) is 3.81. The van der Waals surface area contributed by atoms with Gasteiger partial charge in [0.1, 0.15) is 6.33 Å². The van der Waals surface area contributed by atoms with Crippen molar-refractivity contribution in [2.45, 2.75) is 6.04 Å². The van der Waals surface area contributed by atoms with Crippen molar-refractivity contribution in [1.29, 1.82) is 0 Å². The van der Waals surface area contributed by atoms with Crippen molar-refractivity contribution in [3.8, 4) is 0 Å². The molecule has 0 saturated carbocycles. The van der Waals surface area contributed by atoms with Crippen LogP contribution in [0, 0.1) is 0 Å². The maximum atomic E-state index is 11.3. The van der Waals surface area contributed by atoms with E-state index in [-0.39, 0.29) is 11.9 Å². The van der Waals surface area contributed by atoms with Gasteiger partial charge in [0.05, 0.1) is 13.2 Å². The van der Waals surface area contributed by atoms with Gasteiger partial charge in [0.15, 0.2) is 0 Å². The molecule has 1 unspecified atom stereocenters. The summed E-state index contributed by atoms with van der Waals surface area (Å²) >= 11 is 3.48. The molecule has 2 rings (SSSR count). The minimum absolute atomic E-state index is 0.0213. The molecule has 0 amide bonds. The van der Waals surface area contributed by atoms with Crippen LogP contribution in [0.25, 0.3) is 0 Å². The number of esters is 1. The minimum atomic E-state index is -0.568. The fourth-order valence-electron chi connectivity index (χ4n) is 1.73. The van der Waals surface area contributed by atoms with Crippen molar-refractivity contribution < 1.29 is 9.53 Å². The highest BCUT2D eigenvalue weighted by atomic mass is 79.9. The maximum absolute atomic E-state index is 11.3. The first-order valence-electron chi connectivity index (χ1n) is 5.61. The number of carbonyl (C=O) groups excluding carboxylic acids is 1. The number of nitrogens with two attached hydrogens (primary N) is 1. The van der Waals surface area contributed by atoms with Crippen LogP contribution in [-0.4, -0.2) is 34.4 Å². The summed E-state index contributed by atoms with van der Waals surface area (Å²) in [6.45, 7) is 0.340. The van der Waals surface area contributed by atoms with E-state index in [0.717, 1.165) is 10.0 Å². The third kappa shape index (κ3) is 2.82. The van der Waals surface area contributed by atoms with Crippen molar-refractivity contribution in [2.24, 2.45) is 5.73 Å². The summed E-state index contributed by atoms with van der Waals surface area (Å²) in [6, 6.07) is 7.52. The minimum Gasteiger partial charge on any atom is -0.463 e. The molecule has 0 saturated heterocycles. The van der Waals surface area contributed by atoms with Gasteiger partial charge in [0.2, 0.25) is 0 Å². The van der Waals surface area contributed by atoms with Gasteiger partial charge in [-0.05, 0) is 11.6 Å². The van der Waals surface area contributed by atoms with Crippen LogP contribution in [0.3, 0.4) is 0 Å². The standard InChI is InChI=1S/C12H13BrN4O2/c1-19-12(18)11-15-7-17(16-11)10(6-14)8-4-2-3-5-9(8)13/h2-5,7,10H,6,14H2,1H3. The highest BCUT2D eigenvalue weighted by molar-refractivity contribution is 9.10. The van der Waals surface area contributed by atoms with E-state index in [1.807, 2.05) is 24.3 Å². The SMILES string of the molecule is COC(=O)c1ncn(C(CN)c2ccccc2Br)n1. The molecule has 6 nitrogen and oxygen atoms in total. The lowest BCUT2D eigenvalue weighted by Gasteiger charge is -2.16. The van der Waals surface area contributed by atoms with Crippen LogP contribution in [0.5, 0.6) is 0 Å². The largest absolute Gasteiger partial charge is 0.463 e. The molecule has 1 aromatic heterocycles. The molecule has 0 aliphatic carbocycles. The molecular formula is C12H13BrN4O2. The van der Waals surface area contributed by atoms with Crippen molar-refractivity contribution >= 4 is 21.9 Å². The average molecular weight is 325 g/mol. The van der Waals surface area contributed by atoms with Gasteiger partial charge in [0, 0.05) is 11.0 Å². The number of aromatic nitrogens is 3. The van der Waals surface area contributed by atoms with Gasteiger partial charge in [-0.25, -0.2) is 14.5 Å². The predicted molar refractivity (Wildman–Crippen MR) is 72.7 cm³/mol. The lowest BCUT2D eigenvalue weighted by atomic mass is 10.1. The summed E-state index contributed by atoms with van der Waals surface area (Å²) in [5.74, 6) is -0.547. The molecule has 0 fully saturated rings. The number of hydrogen-bond acceptors (Lipinski definition) is 5. The summed E-state index contributed by atoms with van der Waals surface area (Å²) in [5, 5.41) is 4.10. The molecule has 0 aliphatic rings. The average Bonchev–Trinajstić information content (AvgIpc) is 2.90. The van der Waals surface area contributed by atoms with Gasteiger partial charge >= 0.3 is 5.97 Å². The quantitative estimate of drug-likeness (QED) is 0.859. The van der Waals surface area contributed by atoms with Crippen molar-refractivity contribution in [3.05, 3.63) is 46.5 Å². The zero-order valence-electron chi connectivity index (χ0n) is 10.3. The normalized spacial score (nSPS) is 12.2. The third-order valence-electron chi connectivity index (χ3n) is 2.68. The van der Waals surface area contributed by atoms with E-state index in [0.29, 0.717) is 6.54 Å². The number of methoxy groups -OCH3 is 1. The number of hydrogen-bond donors (Lipinski definition) is 1. The Bertz CT molecular complexity index is 585. The zero-order chi connectivity index (χ0) is 13.8. The number of rotatable bonds is 4. The summed E-state index contributed by atoms with van der Waals surface area (Å²) in [7, 11) is 1.29. The van der Waals surface area contributed by atoms with Crippen LogP contribution in [0.2, 0.25) is 0 Å². The Labute approximate surface area is 118 Å². The van der Waals surface area contributed by atoms with Gasteiger partial charge in [-0.3, -0.25) is 0 Å². The highest BCUT2D eigenvalue weighted by Crippen LogP contribution is 2.24. The summed E-state index contributed by atoms with van der Waals surface area (Å²) in [5.41, 5.74) is 6.78. The van der Waals surface area contributed by atoms with Gasteiger partial charge in [-0.2, -0.15) is 0 Å². The topological polar surface area (TPSA) is 83.0 Å². The molecule has 1 aromatic carbocycles. The van der Waals surface area contributed by atoms with Gasteiger partial charge in [-0.1, -0.05) is 34.1 Å². The van der Waals surface area contributed by atoms with Crippen molar-refractivity contribution in [3.63, 3.8) is 0 Å². The Morgan fingerprint density at radius 2 is 2.26 bits per heavy atom. The van der Waals surface area contributed by atoms with Crippen LogP contribution < -0.4 is 5.73 Å². The number of carbonyl (C=O) groups is 1. The van der Waals surface area contributed by atoms with E-state index in [1.54, 1.807) is 4.68 Å². The number of ether oxygens (including phenoxy) is 1. The fraction of sp³-hybridized carbons (Fsp3) is 0.250. The first-order chi connectivity index (χ1) is 9.17. The molecule has 1 atom stereocenters. The molecule has 100 valence electrons. The smallest absolute Gasteiger partial charge is 0.377 e. The van der Waals surface area contributed by atoms with Gasteiger partial charge in [0.25, 0.3) is 5.82 Å². The molecule has 0 spiro atoms. The Balaban J connectivity index is 2.35. The molecule has 2 N–H and O–H groups in total. The van der Waals surface area contributed by atoms with Crippen LogP contribution in [-0.2, 0) is 4.74 Å². The Kier molecular flexibility index (Phi) is 4.28. The van der Waals surface area contributed by atoms with Gasteiger partial charge < -0.3 is 10.5 Å². The summed E-state index contributed by atoms with van der Waals surface area (Å²) in [6.07, 6.45) is 1.48. The van der Waals surface area contributed by atoms with Gasteiger partial charge in [-0.15, -0.1) is 5.10 Å². The first-order valence-corrected chi connectivity index (χ1v) is 6.40. The fourth-order valence-corrected chi connectivity index (χ4v) is 2.28.